The van der Waals surface area contributed by atoms with Gasteiger partial charge in [0.2, 0.25) is 0 Å². The molecule has 2 N–H and O–H groups in total. The molecule has 0 aliphatic rings. The topological polar surface area (TPSA) is 65.2 Å². The van der Waals surface area contributed by atoms with Crippen LogP contribution >= 0.6 is 0 Å². The van der Waals surface area contributed by atoms with E-state index in [9.17, 15) is 4.79 Å². The number of anilines is 1. The molecule has 4 nitrogen and oxygen atoms in total. The van der Waals surface area contributed by atoms with E-state index in [1.807, 2.05) is 26.0 Å². The number of nitrogens with zero attached hydrogens (tertiary/aromatic N) is 1. The Morgan fingerprint density at radius 3 is 2.79 bits per heavy atom. The second-order valence-electron chi connectivity index (χ2n) is 4.42. The van der Waals surface area contributed by atoms with Crippen LogP contribution < -0.4 is 5.73 Å². The van der Waals surface area contributed by atoms with Gasteiger partial charge in [0.25, 0.3) is 0 Å². The van der Waals surface area contributed by atoms with Gasteiger partial charge < -0.3 is 10.5 Å². The summed E-state index contributed by atoms with van der Waals surface area (Å²) in [5, 5.41) is 0. The molecule has 2 rings (SSSR count). The zero-order chi connectivity index (χ0) is 13.8. The maximum absolute atomic E-state index is 12.0. The third-order valence-corrected chi connectivity index (χ3v) is 2.94. The average Bonchev–Trinajstić information content (AvgIpc) is 2.40. The van der Waals surface area contributed by atoms with Crippen molar-refractivity contribution < 1.29 is 9.53 Å². The number of ether oxygens (including phenoxy) is 1. The molecule has 2 aromatic rings. The van der Waals surface area contributed by atoms with Crippen LogP contribution in [-0.2, 0) is 11.3 Å². The molecule has 0 aliphatic heterocycles. The van der Waals surface area contributed by atoms with E-state index in [2.05, 4.69) is 4.98 Å². The first-order valence-electron chi connectivity index (χ1n) is 6.01. The van der Waals surface area contributed by atoms with Gasteiger partial charge in [-0.1, -0.05) is 12.1 Å². The Morgan fingerprint density at radius 1 is 1.26 bits per heavy atom. The molecule has 19 heavy (non-hydrogen) atoms. The van der Waals surface area contributed by atoms with Crippen LogP contribution in [0, 0.1) is 13.8 Å². The number of nitrogens with two attached hydrogens (primary N) is 1. The second-order valence-corrected chi connectivity index (χ2v) is 4.42. The van der Waals surface area contributed by atoms with Gasteiger partial charge in [-0.15, -0.1) is 0 Å². The Labute approximate surface area is 112 Å². The SMILES string of the molecule is Cc1ccc(N)cc1C(=O)OCc1ncccc1C. The molecule has 0 saturated carbocycles. The molecule has 0 amide bonds. The molecular formula is C15H16N2O2. The Morgan fingerprint density at radius 2 is 2.05 bits per heavy atom. The van der Waals surface area contributed by atoms with Gasteiger partial charge in [-0.3, -0.25) is 4.98 Å². The van der Waals surface area contributed by atoms with Gasteiger partial charge in [-0.05, 0) is 43.2 Å². The molecule has 1 aromatic carbocycles. The highest BCUT2D eigenvalue weighted by atomic mass is 16.5. The first-order chi connectivity index (χ1) is 9.08. The van der Waals surface area contributed by atoms with Gasteiger partial charge in [0, 0.05) is 11.9 Å². The molecular weight excluding hydrogens is 240 g/mol. The van der Waals surface area contributed by atoms with Crippen LogP contribution in [0.25, 0.3) is 0 Å². The smallest absolute Gasteiger partial charge is 0.338 e. The quantitative estimate of drug-likeness (QED) is 0.677. The molecule has 0 saturated heterocycles. The monoisotopic (exact) mass is 256 g/mol. The lowest BCUT2D eigenvalue weighted by atomic mass is 10.1. The third kappa shape index (κ3) is 3.10. The lowest BCUT2D eigenvalue weighted by Crippen LogP contribution is -2.09. The number of aryl methyl sites for hydroxylation is 2. The predicted molar refractivity (Wildman–Crippen MR) is 73.7 cm³/mol. The summed E-state index contributed by atoms with van der Waals surface area (Å²) in [7, 11) is 0. The van der Waals surface area contributed by atoms with E-state index < -0.39 is 0 Å². The fourth-order valence-corrected chi connectivity index (χ4v) is 1.74. The zero-order valence-electron chi connectivity index (χ0n) is 11.0. The summed E-state index contributed by atoms with van der Waals surface area (Å²) in [4.78, 5) is 16.2. The van der Waals surface area contributed by atoms with Crippen molar-refractivity contribution in [2.45, 2.75) is 20.5 Å². The molecule has 0 radical (unpaired) electrons. The average molecular weight is 256 g/mol. The van der Waals surface area contributed by atoms with Crippen LogP contribution in [0.3, 0.4) is 0 Å². The highest BCUT2D eigenvalue weighted by Gasteiger charge is 2.12. The number of carbonyl (C=O) groups is 1. The fraction of sp³-hybridized carbons (Fsp3) is 0.200. The second kappa shape index (κ2) is 5.52. The van der Waals surface area contributed by atoms with Crippen LogP contribution in [0.5, 0.6) is 0 Å². The largest absolute Gasteiger partial charge is 0.456 e. The van der Waals surface area contributed by atoms with Gasteiger partial charge >= 0.3 is 5.97 Å². The first kappa shape index (κ1) is 13.1. The van der Waals surface area contributed by atoms with Crippen molar-refractivity contribution in [1.82, 2.24) is 4.98 Å². The Hall–Kier alpha value is -2.36. The van der Waals surface area contributed by atoms with E-state index in [1.165, 1.54) is 0 Å². The molecule has 0 spiro atoms. The number of hydrogen-bond donors (Lipinski definition) is 1. The molecule has 0 fully saturated rings. The molecule has 0 bridgehead atoms. The van der Waals surface area contributed by atoms with Crippen molar-refractivity contribution in [2.24, 2.45) is 0 Å². The van der Waals surface area contributed by atoms with E-state index in [0.717, 1.165) is 16.8 Å². The van der Waals surface area contributed by atoms with E-state index >= 15 is 0 Å². The Balaban J connectivity index is 2.10. The maximum Gasteiger partial charge on any atom is 0.338 e. The van der Waals surface area contributed by atoms with Crippen molar-refractivity contribution in [3.05, 3.63) is 58.9 Å². The van der Waals surface area contributed by atoms with Crippen molar-refractivity contribution in [3.63, 3.8) is 0 Å². The summed E-state index contributed by atoms with van der Waals surface area (Å²) in [6.45, 7) is 3.95. The van der Waals surface area contributed by atoms with Crippen molar-refractivity contribution in [2.75, 3.05) is 5.73 Å². The van der Waals surface area contributed by atoms with E-state index in [1.54, 1.807) is 24.4 Å². The Bertz CT molecular complexity index is 609. The summed E-state index contributed by atoms with van der Waals surface area (Å²) < 4.78 is 5.27. The lowest BCUT2D eigenvalue weighted by Gasteiger charge is -2.08. The normalized spacial score (nSPS) is 10.2. The molecule has 0 atom stereocenters. The highest BCUT2D eigenvalue weighted by molar-refractivity contribution is 5.92. The number of hydrogen-bond acceptors (Lipinski definition) is 4. The fourth-order valence-electron chi connectivity index (χ4n) is 1.74. The molecule has 1 heterocycles. The van der Waals surface area contributed by atoms with Crippen LogP contribution in [0.2, 0.25) is 0 Å². The summed E-state index contributed by atoms with van der Waals surface area (Å²) in [6.07, 6.45) is 1.68. The minimum absolute atomic E-state index is 0.166. The minimum atomic E-state index is -0.380. The number of carbonyl (C=O) groups excluding carboxylic acids is 1. The number of rotatable bonds is 3. The first-order valence-corrected chi connectivity index (χ1v) is 6.01. The van der Waals surface area contributed by atoms with Gasteiger partial charge in [0.1, 0.15) is 6.61 Å². The number of benzene rings is 1. The van der Waals surface area contributed by atoms with Crippen LogP contribution in [-0.4, -0.2) is 11.0 Å². The Kier molecular flexibility index (Phi) is 3.80. The summed E-state index contributed by atoms with van der Waals surface area (Å²) in [5.74, 6) is -0.380. The van der Waals surface area contributed by atoms with Gasteiger partial charge in [0.05, 0.1) is 11.3 Å². The van der Waals surface area contributed by atoms with Crippen LogP contribution in [0.1, 0.15) is 27.2 Å². The highest BCUT2D eigenvalue weighted by Crippen LogP contribution is 2.15. The van der Waals surface area contributed by atoms with Crippen LogP contribution in [0.15, 0.2) is 36.5 Å². The van der Waals surface area contributed by atoms with Crippen LogP contribution in [0.4, 0.5) is 5.69 Å². The zero-order valence-corrected chi connectivity index (χ0v) is 11.0. The summed E-state index contributed by atoms with van der Waals surface area (Å²) in [6, 6.07) is 8.97. The number of esters is 1. The molecule has 1 aromatic heterocycles. The van der Waals surface area contributed by atoms with E-state index in [0.29, 0.717) is 11.3 Å². The van der Waals surface area contributed by atoms with Crippen molar-refractivity contribution in [1.29, 1.82) is 0 Å². The maximum atomic E-state index is 12.0. The van der Waals surface area contributed by atoms with Gasteiger partial charge in [-0.25, -0.2) is 4.79 Å². The van der Waals surface area contributed by atoms with Crippen molar-refractivity contribution >= 4 is 11.7 Å². The van der Waals surface area contributed by atoms with E-state index in [-0.39, 0.29) is 12.6 Å². The summed E-state index contributed by atoms with van der Waals surface area (Å²) >= 11 is 0. The molecule has 4 heteroatoms. The van der Waals surface area contributed by atoms with E-state index in [4.69, 9.17) is 10.5 Å². The minimum Gasteiger partial charge on any atom is -0.456 e. The van der Waals surface area contributed by atoms with Gasteiger partial charge in [0.15, 0.2) is 0 Å². The van der Waals surface area contributed by atoms with Crippen molar-refractivity contribution in [3.8, 4) is 0 Å². The number of pyridine rings is 1. The summed E-state index contributed by atoms with van der Waals surface area (Å²) in [5.41, 5.74) is 9.32. The number of nitrogen functional groups attached to an aromatic ring is 1. The standard InChI is InChI=1S/C15H16N2O2/c1-10-5-6-12(16)8-13(10)15(18)19-9-14-11(2)4-3-7-17-14/h3-8H,9,16H2,1-2H3. The molecule has 0 aliphatic carbocycles. The molecule has 0 unspecified atom stereocenters. The third-order valence-electron chi connectivity index (χ3n) is 2.94. The van der Waals surface area contributed by atoms with Gasteiger partial charge in [-0.2, -0.15) is 0 Å². The predicted octanol–water partition coefficient (Wildman–Crippen LogP) is 2.64. The molecule has 98 valence electrons. The number of aromatic nitrogens is 1. The lowest BCUT2D eigenvalue weighted by molar-refractivity contribution is 0.0466.